The zero-order chi connectivity index (χ0) is 24.7. The number of aromatic nitrogens is 2. The highest BCUT2D eigenvalue weighted by Gasteiger charge is 2.18. The zero-order valence-corrected chi connectivity index (χ0v) is 20.3. The second-order valence-corrected chi connectivity index (χ2v) is 8.19. The van der Waals surface area contributed by atoms with Gasteiger partial charge in [-0.05, 0) is 45.1 Å². The van der Waals surface area contributed by atoms with E-state index >= 15 is 0 Å². The molecule has 0 aliphatic heterocycles. The van der Waals surface area contributed by atoms with E-state index in [1.807, 2.05) is 70.2 Å². The van der Waals surface area contributed by atoms with Crippen LogP contribution in [-0.4, -0.2) is 43.6 Å². The number of nitrogens with one attached hydrogen (secondary N) is 1. The minimum absolute atomic E-state index is 0.202. The first-order chi connectivity index (χ1) is 16.3. The summed E-state index contributed by atoms with van der Waals surface area (Å²) in [7, 11) is 5.65. The molecule has 8 nitrogen and oxygen atoms in total. The van der Waals surface area contributed by atoms with Crippen LogP contribution < -0.4 is 20.7 Å². The minimum Gasteiger partial charge on any atom is -0.483 e. The summed E-state index contributed by atoms with van der Waals surface area (Å²) in [6, 6.07) is 17.5. The molecule has 176 valence electrons. The van der Waals surface area contributed by atoms with E-state index in [2.05, 4.69) is 21.6 Å². The zero-order valence-electron chi connectivity index (χ0n) is 20.3. The van der Waals surface area contributed by atoms with E-state index in [1.165, 1.54) is 0 Å². The van der Waals surface area contributed by atoms with Crippen molar-refractivity contribution >= 4 is 22.9 Å². The molecule has 1 aromatic heterocycles. The molecule has 1 atom stereocenters. The van der Waals surface area contributed by atoms with Crippen molar-refractivity contribution in [3.05, 3.63) is 70.9 Å². The van der Waals surface area contributed by atoms with Gasteiger partial charge in [-0.1, -0.05) is 30.3 Å². The van der Waals surface area contributed by atoms with Crippen LogP contribution in [0.15, 0.2) is 53.5 Å². The van der Waals surface area contributed by atoms with Gasteiger partial charge in [0.25, 0.3) is 0 Å². The molecule has 0 aliphatic rings. The summed E-state index contributed by atoms with van der Waals surface area (Å²) in [5.74, 6) is 1.12. The molecule has 0 spiro atoms. The third-order valence-electron chi connectivity index (χ3n) is 5.43. The van der Waals surface area contributed by atoms with Gasteiger partial charge in [-0.2, -0.15) is 10.4 Å². The van der Waals surface area contributed by atoms with Crippen LogP contribution in [0.2, 0.25) is 0 Å². The first-order valence-electron chi connectivity index (χ1n) is 11.1. The van der Waals surface area contributed by atoms with E-state index in [9.17, 15) is 5.26 Å². The molecule has 0 radical (unpaired) electrons. The summed E-state index contributed by atoms with van der Waals surface area (Å²) >= 11 is 0. The smallest absolute Gasteiger partial charge is 0.174 e. The summed E-state index contributed by atoms with van der Waals surface area (Å²) in [4.78, 5) is 6.67. The van der Waals surface area contributed by atoms with Crippen LogP contribution in [0.1, 0.15) is 41.8 Å². The van der Waals surface area contributed by atoms with E-state index in [4.69, 9.17) is 15.5 Å². The summed E-state index contributed by atoms with van der Waals surface area (Å²) in [6.45, 7) is 4.52. The van der Waals surface area contributed by atoms with Crippen molar-refractivity contribution in [1.29, 1.82) is 5.26 Å². The number of nitrogen functional groups attached to an aromatic ring is 1. The molecule has 1 heterocycles. The lowest BCUT2D eigenvalue weighted by Crippen LogP contribution is -2.18. The van der Waals surface area contributed by atoms with E-state index in [1.54, 1.807) is 18.2 Å². The third kappa shape index (κ3) is 5.69. The van der Waals surface area contributed by atoms with Gasteiger partial charge in [-0.3, -0.25) is 0 Å². The second kappa shape index (κ2) is 11.3. The second-order valence-electron chi connectivity index (χ2n) is 8.19. The number of aryl methyl sites for hydroxylation is 1. The Morgan fingerprint density at radius 1 is 1.21 bits per heavy atom. The number of hydrogen-bond acceptors (Lipinski definition) is 8. The van der Waals surface area contributed by atoms with E-state index in [0.29, 0.717) is 39.9 Å². The summed E-state index contributed by atoms with van der Waals surface area (Å²) in [5, 5.41) is 21.1. The lowest BCUT2D eigenvalue weighted by molar-refractivity contribution is 0.196. The quantitative estimate of drug-likeness (QED) is 0.464. The SMILES string of the molecule is CNCCC(Oc1cc(C#N)ccc1N=C(C)c1c(C)nnc(N(C)C)c1N)c1ccccc1. The lowest BCUT2D eigenvalue weighted by atomic mass is 10.1. The highest BCUT2D eigenvalue weighted by Crippen LogP contribution is 2.35. The topological polar surface area (TPSA) is 112 Å². The molecule has 0 amide bonds. The molecule has 0 aliphatic carbocycles. The maximum absolute atomic E-state index is 9.47. The molecule has 0 saturated heterocycles. The lowest BCUT2D eigenvalue weighted by Gasteiger charge is -2.21. The van der Waals surface area contributed by atoms with E-state index in [-0.39, 0.29) is 6.10 Å². The van der Waals surface area contributed by atoms with Crippen LogP contribution in [0.25, 0.3) is 0 Å². The molecule has 34 heavy (non-hydrogen) atoms. The molecular formula is C26H31N7O. The maximum atomic E-state index is 9.47. The summed E-state index contributed by atoms with van der Waals surface area (Å²) in [5.41, 5.74) is 11.2. The number of benzene rings is 2. The molecule has 2 aromatic carbocycles. The molecular weight excluding hydrogens is 426 g/mol. The number of hydrogen-bond donors (Lipinski definition) is 2. The fourth-order valence-electron chi connectivity index (χ4n) is 3.72. The van der Waals surface area contributed by atoms with Crippen molar-refractivity contribution in [2.45, 2.75) is 26.4 Å². The number of aliphatic imine (C=N–C) groups is 1. The number of nitrogens with two attached hydrogens (primary N) is 1. The molecule has 3 aromatic rings. The van der Waals surface area contributed by atoms with Crippen LogP contribution in [0, 0.1) is 18.3 Å². The summed E-state index contributed by atoms with van der Waals surface area (Å²) in [6.07, 6.45) is 0.554. The van der Waals surface area contributed by atoms with Gasteiger partial charge < -0.3 is 20.7 Å². The van der Waals surface area contributed by atoms with Crippen molar-refractivity contribution in [3.8, 4) is 11.8 Å². The molecule has 0 fully saturated rings. The van der Waals surface area contributed by atoms with E-state index < -0.39 is 0 Å². The number of rotatable bonds is 9. The van der Waals surface area contributed by atoms with Gasteiger partial charge in [0.15, 0.2) is 5.82 Å². The van der Waals surface area contributed by atoms with Crippen molar-refractivity contribution < 1.29 is 4.74 Å². The Hall–Kier alpha value is -3.96. The monoisotopic (exact) mass is 457 g/mol. The molecule has 8 heteroatoms. The van der Waals surface area contributed by atoms with Gasteiger partial charge in [0, 0.05) is 37.9 Å². The Labute approximate surface area is 201 Å². The fourth-order valence-corrected chi connectivity index (χ4v) is 3.72. The molecule has 0 bridgehead atoms. The van der Waals surface area contributed by atoms with Crippen LogP contribution in [0.3, 0.4) is 0 Å². The molecule has 1 unspecified atom stereocenters. The van der Waals surface area contributed by atoms with Crippen LogP contribution in [-0.2, 0) is 0 Å². The van der Waals surface area contributed by atoms with Gasteiger partial charge in [0.1, 0.15) is 17.5 Å². The van der Waals surface area contributed by atoms with Crippen LogP contribution in [0.4, 0.5) is 17.2 Å². The Kier molecular flexibility index (Phi) is 8.17. The molecule has 3 N–H and O–H groups in total. The number of nitrogens with zero attached hydrogens (tertiary/aromatic N) is 5. The Morgan fingerprint density at radius 2 is 1.94 bits per heavy atom. The van der Waals surface area contributed by atoms with Crippen LogP contribution in [0.5, 0.6) is 5.75 Å². The standard InChI is InChI=1S/C26H31N7O/c1-17(24-18(2)31-32-26(25(24)28)33(4)5)30-21-12-11-19(16-27)15-23(21)34-22(13-14-29-3)20-9-7-6-8-10-20/h6-12,15,22,29H,13-14H2,1-5H3,(H2,28,31). The number of nitriles is 1. The predicted molar refractivity (Wildman–Crippen MR) is 137 cm³/mol. The molecule has 3 rings (SSSR count). The predicted octanol–water partition coefficient (Wildman–Crippen LogP) is 4.18. The summed E-state index contributed by atoms with van der Waals surface area (Å²) < 4.78 is 6.47. The molecule has 0 saturated carbocycles. The average Bonchev–Trinajstić information content (AvgIpc) is 2.83. The van der Waals surface area contributed by atoms with Gasteiger partial charge in [-0.25, -0.2) is 4.99 Å². The van der Waals surface area contributed by atoms with Gasteiger partial charge >= 0.3 is 0 Å². The Balaban J connectivity index is 2.06. The highest BCUT2D eigenvalue weighted by molar-refractivity contribution is 6.07. The first kappa shape index (κ1) is 24.7. The van der Waals surface area contributed by atoms with Gasteiger partial charge in [0.2, 0.25) is 0 Å². The average molecular weight is 458 g/mol. The number of anilines is 2. The van der Waals surface area contributed by atoms with Crippen molar-refractivity contribution in [2.24, 2.45) is 4.99 Å². The van der Waals surface area contributed by atoms with E-state index in [0.717, 1.165) is 24.1 Å². The fraction of sp³-hybridized carbons (Fsp3) is 0.308. The van der Waals surface area contributed by atoms with Crippen LogP contribution >= 0.6 is 0 Å². The third-order valence-corrected chi connectivity index (χ3v) is 5.43. The number of ether oxygens (including phenoxy) is 1. The van der Waals surface area contributed by atoms with Crippen molar-refractivity contribution in [2.75, 3.05) is 38.3 Å². The largest absolute Gasteiger partial charge is 0.483 e. The Morgan fingerprint density at radius 3 is 2.59 bits per heavy atom. The maximum Gasteiger partial charge on any atom is 0.174 e. The first-order valence-corrected chi connectivity index (χ1v) is 11.1. The minimum atomic E-state index is -0.202. The van der Waals surface area contributed by atoms with Gasteiger partial charge in [0.05, 0.1) is 23.0 Å². The van der Waals surface area contributed by atoms with Crippen molar-refractivity contribution in [3.63, 3.8) is 0 Å². The highest BCUT2D eigenvalue weighted by atomic mass is 16.5. The Bertz CT molecular complexity index is 1200. The van der Waals surface area contributed by atoms with Crippen molar-refractivity contribution in [1.82, 2.24) is 15.5 Å². The van der Waals surface area contributed by atoms with Gasteiger partial charge in [-0.15, -0.1) is 5.10 Å². The normalized spacial score (nSPS) is 12.2.